The van der Waals surface area contributed by atoms with Crippen LogP contribution in [0.4, 0.5) is 17.1 Å². The van der Waals surface area contributed by atoms with Crippen molar-refractivity contribution in [1.82, 2.24) is 14.8 Å². The normalized spacial score (nSPS) is 10.7. The van der Waals surface area contributed by atoms with E-state index in [-0.39, 0.29) is 23.0 Å². The molecule has 1 aromatic heterocycles. The highest BCUT2D eigenvalue weighted by atomic mass is 32.2. The van der Waals surface area contributed by atoms with E-state index in [1.165, 1.54) is 48.2 Å². The molecule has 0 unspecified atom stereocenters. The molecule has 0 bridgehead atoms. The number of nitro groups is 2. The monoisotopic (exact) mass is 490 g/mol. The van der Waals surface area contributed by atoms with Gasteiger partial charge >= 0.3 is 0 Å². The number of carbonyl (C=O) groups is 1. The first kappa shape index (κ1) is 23.6. The standard InChI is InChI=1S/C23H18N6O5S/c1-15-2-8-18(9-3-15)27-22(16-4-10-19(11-5-16)28(31)32)25-26-23(27)35-14-21(30)24-17-6-12-20(13-7-17)29(33)34/h2-13H,14H2,1H3,(H,24,30). The smallest absolute Gasteiger partial charge is 0.269 e. The van der Waals surface area contributed by atoms with Gasteiger partial charge in [-0.1, -0.05) is 29.5 Å². The minimum absolute atomic E-state index is 0.0151. The number of benzene rings is 3. The second-order valence-corrected chi connectivity index (χ2v) is 8.36. The van der Waals surface area contributed by atoms with Crippen molar-refractivity contribution in [3.8, 4) is 17.1 Å². The van der Waals surface area contributed by atoms with Crippen LogP contribution in [0.15, 0.2) is 78.0 Å². The summed E-state index contributed by atoms with van der Waals surface area (Å²) in [5.41, 5.74) is 2.80. The van der Waals surface area contributed by atoms with Crippen molar-refractivity contribution in [2.45, 2.75) is 12.1 Å². The van der Waals surface area contributed by atoms with Crippen LogP contribution in [-0.2, 0) is 4.79 Å². The first-order valence-corrected chi connectivity index (χ1v) is 11.2. The Morgan fingerprint density at radius 3 is 2.03 bits per heavy atom. The third-order valence-corrected chi connectivity index (χ3v) is 5.89. The fraction of sp³-hybridized carbons (Fsp3) is 0.0870. The zero-order valence-electron chi connectivity index (χ0n) is 18.3. The van der Waals surface area contributed by atoms with Gasteiger partial charge in [0.05, 0.1) is 15.6 Å². The lowest BCUT2D eigenvalue weighted by molar-refractivity contribution is -0.385. The summed E-state index contributed by atoms with van der Waals surface area (Å²) in [6.07, 6.45) is 0. The summed E-state index contributed by atoms with van der Waals surface area (Å²) >= 11 is 1.17. The summed E-state index contributed by atoms with van der Waals surface area (Å²) in [4.78, 5) is 33.3. The molecule has 1 N–H and O–H groups in total. The second kappa shape index (κ2) is 10.1. The van der Waals surface area contributed by atoms with Crippen molar-refractivity contribution >= 4 is 34.7 Å². The zero-order chi connectivity index (χ0) is 24.9. The molecule has 0 aliphatic rings. The molecular weight excluding hydrogens is 472 g/mol. The molecule has 0 atom stereocenters. The van der Waals surface area contributed by atoms with Crippen LogP contribution in [0.2, 0.25) is 0 Å². The number of hydrogen-bond acceptors (Lipinski definition) is 8. The molecule has 3 aromatic carbocycles. The van der Waals surface area contributed by atoms with Gasteiger partial charge in [0.2, 0.25) is 5.91 Å². The number of nitrogens with zero attached hydrogens (tertiary/aromatic N) is 5. The number of nitrogens with one attached hydrogen (secondary N) is 1. The number of thioether (sulfide) groups is 1. The Morgan fingerprint density at radius 2 is 1.46 bits per heavy atom. The molecule has 12 heteroatoms. The summed E-state index contributed by atoms with van der Waals surface area (Å²) in [6, 6.07) is 19.2. The second-order valence-electron chi connectivity index (χ2n) is 7.42. The van der Waals surface area contributed by atoms with Crippen LogP contribution in [0.1, 0.15) is 5.56 Å². The molecule has 0 aliphatic heterocycles. The maximum absolute atomic E-state index is 12.5. The molecule has 35 heavy (non-hydrogen) atoms. The Bertz CT molecular complexity index is 1390. The van der Waals surface area contributed by atoms with E-state index in [1.807, 2.05) is 31.2 Å². The first-order chi connectivity index (χ1) is 16.8. The topological polar surface area (TPSA) is 146 Å². The zero-order valence-corrected chi connectivity index (χ0v) is 19.1. The van der Waals surface area contributed by atoms with Gasteiger partial charge in [-0.15, -0.1) is 10.2 Å². The Morgan fingerprint density at radius 1 is 0.886 bits per heavy atom. The number of aromatic nitrogens is 3. The van der Waals surface area contributed by atoms with Gasteiger partial charge in [-0.05, 0) is 43.3 Å². The van der Waals surface area contributed by atoms with E-state index in [0.29, 0.717) is 22.2 Å². The van der Waals surface area contributed by atoms with Crippen molar-refractivity contribution in [1.29, 1.82) is 0 Å². The number of rotatable bonds is 8. The average molecular weight is 491 g/mol. The highest BCUT2D eigenvalue weighted by molar-refractivity contribution is 7.99. The molecule has 0 fully saturated rings. The number of anilines is 1. The predicted octanol–water partition coefficient (Wildman–Crippen LogP) is 4.79. The van der Waals surface area contributed by atoms with E-state index < -0.39 is 9.85 Å². The van der Waals surface area contributed by atoms with Gasteiger partial charge in [0, 0.05) is 41.2 Å². The Hall–Kier alpha value is -4.58. The molecule has 0 aliphatic carbocycles. The van der Waals surface area contributed by atoms with Crippen LogP contribution < -0.4 is 5.32 Å². The van der Waals surface area contributed by atoms with Crippen LogP contribution in [0, 0.1) is 27.2 Å². The van der Waals surface area contributed by atoms with Crippen molar-refractivity contribution in [3.05, 3.63) is 98.6 Å². The van der Waals surface area contributed by atoms with E-state index in [2.05, 4.69) is 15.5 Å². The van der Waals surface area contributed by atoms with E-state index in [0.717, 1.165) is 11.3 Å². The quantitative estimate of drug-likeness (QED) is 0.211. The van der Waals surface area contributed by atoms with Crippen molar-refractivity contribution in [3.63, 3.8) is 0 Å². The summed E-state index contributed by atoms with van der Waals surface area (Å²) in [7, 11) is 0. The molecule has 1 amide bonds. The fourth-order valence-electron chi connectivity index (χ4n) is 3.20. The molecule has 4 aromatic rings. The number of aryl methyl sites for hydroxylation is 1. The average Bonchev–Trinajstić information content (AvgIpc) is 3.27. The minimum Gasteiger partial charge on any atom is -0.325 e. The van der Waals surface area contributed by atoms with Crippen molar-refractivity contribution < 1.29 is 14.6 Å². The summed E-state index contributed by atoms with van der Waals surface area (Å²) in [5.74, 6) is 0.169. The van der Waals surface area contributed by atoms with Gasteiger partial charge in [-0.3, -0.25) is 29.6 Å². The lowest BCUT2D eigenvalue weighted by Crippen LogP contribution is -2.14. The number of non-ortho nitro benzene ring substituents is 2. The summed E-state index contributed by atoms with van der Waals surface area (Å²) < 4.78 is 1.78. The largest absolute Gasteiger partial charge is 0.325 e. The number of amides is 1. The molecule has 11 nitrogen and oxygen atoms in total. The number of hydrogen-bond donors (Lipinski definition) is 1. The SMILES string of the molecule is Cc1ccc(-n2c(SCC(=O)Nc3ccc([N+](=O)[O-])cc3)nnc2-c2ccc([N+](=O)[O-])cc2)cc1. The van der Waals surface area contributed by atoms with Crippen LogP contribution in [-0.4, -0.2) is 36.3 Å². The van der Waals surface area contributed by atoms with E-state index in [9.17, 15) is 25.0 Å². The summed E-state index contributed by atoms with van der Waals surface area (Å²) in [5, 5.41) is 33.5. The molecule has 0 radical (unpaired) electrons. The fourth-order valence-corrected chi connectivity index (χ4v) is 3.95. The minimum atomic E-state index is -0.512. The van der Waals surface area contributed by atoms with Gasteiger partial charge in [0.15, 0.2) is 11.0 Å². The maximum Gasteiger partial charge on any atom is 0.269 e. The molecule has 176 valence electrons. The molecule has 0 spiro atoms. The van der Waals surface area contributed by atoms with Crippen LogP contribution in [0.5, 0.6) is 0 Å². The molecular formula is C23H18N6O5S. The third-order valence-electron chi connectivity index (χ3n) is 4.96. The third kappa shape index (κ3) is 5.50. The van der Waals surface area contributed by atoms with Gasteiger partial charge < -0.3 is 5.32 Å². The highest BCUT2D eigenvalue weighted by Gasteiger charge is 2.18. The first-order valence-electron chi connectivity index (χ1n) is 10.3. The number of carbonyl (C=O) groups excluding carboxylic acids is 1. The van der Waals surface area contributed by atoms with Gasteiger partial charge in [-0.25, -0.2) is 0 Å². The van der Waals surface area contributed by atoms with E-state index in [4.69, 9.17) is 0 Å². The van der Waals surface area contributed by atoms with Crippen LogP contribution >= 0.6 is 11.8 Å². The van der Waals surface area contributed by atoms with Crippen LogP contribution in [0.3, 0.4) is 0 Å². The Kier molecular flexibility index (Phi) is 6.83. The van der Waals surface area contributed by atoms with Crippen LogP contribution in [0.25, 0.3) is 17.1 Å². The summed E-state index contributed by atoms with van der Waals surface area (Å²) in [6.45, 7) is 1.96. The lowest BCUT2D eigenvalue weighted by Gasteiger charge is -2.11. The molecule has 0 saturated carbocycles. The highest BCUT2D eigenvalue weighted by Crippen LogP contribution is 2.29. The van der Waals surface area contributed by atoms with Crippen molar-refractivity contribution in [2.24, 2.45) is 0 Å². The maximum atomic E-state index is 12.5. The predicted molar refractivity (Wildman–Crippen MR) is 131 cm³/mol. The van der Waals surface area contributed by atoms with Gasteiger partial charge in [0.25, 0.3) is 11.4 Å². The number of nitro benzene ring substituents is 2. The van der Waals surface area contributed by atoms with Gasteiger partial charge in [-0.2, -0.15) is 0 Å². The molecule has 0 saturated heterocycles. The van der Waals surface area contributed by atoms with E-state index in [1.54, 1.807) is 16.7 Å². The Labute approximate surface area is 203 Å². The molecule has 4 rings (SSSR count). The van der Waals surface area contributed by atoms with Crippen molar-refractivity contribution in [2.75, 3.05) is 11.1 Å². The molecule has 1 heterocycles. The Balaban J connectivity index is 1.57. The lowest BCUT2D eigenvalue weighted by atomic mass is 10.2. The van der Waals surface area contributed by atoms with Gasteiger partial charge in [0.1, 0.15) is 0 Å². The van der Waals surface area contributed by atoms with E-state index >= 15 is 0 Å².